The van der Waals surface area contributed by atoms with E-state index in [-0.39, 0.29) is 0 Å². The summed E-state index contributed by atoms with van der Waals surface area (Å²) in [6, 6.07) is 0.606. The minimum Gasteiger partial charge on any atom is -0.378 e. The molecule has 20 heavy (non-hydrogen) atoms. The largest absolute Gasteiger partial charge is 0.378 e. The number of rotatable bonds is 6. The summed E-state index contributed by atoms with van der Waals surface area (Å²) >= 11 is 0. The number of aromatic nitrogens is 2. The van der Waals surface area contributed by atoms with Gasteiger partial charge in [0.2, 0.25) is 5.89 Å². The summed E-state index contributed by atoms with van der Waals surface area (Å²) in [6.45, 7) is 5.68. The Morgan fingerprint density at radius 3 is 2.85 bits per heavy atom. The predicted octanol–water partition coefficient (Wildman–Crippen LogP) is 2.25. The van der Waals surface area contributed by atoms with Crippen molar-refractivity contribution in [1.29, 1.82) is 0 Å². The number of hydrogen-bond donors (Lipinski definition) is 1. The molecule has 1 heterocycles. The molecule has 2 aliphatic rings. The summed E-state index contributed by atoms with van der Waals surface area (Å²) in [5.74, 6) is 1.45. The molecular weight excluding hydrogens is 254 g/mol. The van der Waals surface area contributed by atoms with Gasteiger partial charge in [-0.05, 0) is 26.2 Å². The van der Waals surface area contributed by atoms with E-state index >= 15 is 0 Å². The molecule has 1 aromatic heterocycles. The van der Waals surface area contributed by atoms with Gasteiger partial charge in [0, 0.05) is 38.0 Å². The van der Waals surface area contributed by atoms with Gasteiger partial charge in [-0.1, -0.05) is 18.0 Å². The van der Waals surface area contributed by atoms with Crippen molar-refractivity contribution >= 4 is 0 Å². The van der Waals surface area contributed by atoms with Gasteiger partial charge in [0.15, 0.2) is 5.82 Å². The van der Waals surface area contributed by atoms with Crippen molar-refractivity contribution in [2.24, 2.45) is 5.41 Å². The molecule has 112 valence electrons. The molecule has 0 amide bonds. The molecule has 1 aromatic rings. The van der Waals surface area contributed by atoms with Gasteiger partial charge in [-0.15, -0.1) is 0 Å². The Morgan fingerprint density at radius 1 is 1.40 bits per heavy atom. The Balaban J connectivity index is 1.50. The van der Waals surface area contributed by atoms with E-state index in [1.165, 1.54) is 25.7 Å². The fourth-order valence-electron chi connectivity index (χ4n) is 3.97. The van der Waals surface area contributed by atoms with Crippen LogP contribution in [0.4, 0.5) is 0 Å². The van der Waals surface area contributed by atoms with Crippen LogP contribution < -0.4 is 5.32 Å². The highest BCUT2D eigenvalue weighted by Gasteiger charge is 2.56. The van der Waals surface area contributed by atoms with E-state index in [1.807, 2.05) is 6.92 Å². The van der Waals surface area contributed by atoms with Crippen molar-refractivity contribution in [2.75, 3.05) is 13.2 Å². The summed E-state index contributed by atoms with van der Waals surface area (Å²) in [5.41, 5.74) is 0.406. The van der Waals surface area contributed by atoms with E-state index in [4.69, 9.17) is 9.26 Å². The van der Waals surface area contributed by atoms with Crippen LogP contribution in [-0.2, 0) is 11.2 Å². The van der Waals surface area contributed by atoms with Crippen LogP contribution in [0.5, 0.6) is 0 Å². The van der Waals surface area contributed by atoms with Gasteiger partial charge < -0.3 is 14.6 Å². The molecule has 5 nitrogen and oxygen atoms in total. The van der Waals surface area contributed by atoms with Gasteiger partial charge in [-0.25, -0.2) is 0 Å². The standard InChI is InChI=1S/C15H25N3O2/c1-3-19-13-10-12(15(13)7-4-5-8-15)16-9-6-14-17-11(2)20-18-14/h12-13,16H,3-10H2,1-2H3. The zero-order valence-electron chi connectivity index (χ0n) is 12.5. The topological polar surface area (TPSA) is 60.2 Å². The van der Waals surface area contributed by atoms with Gasteiger partial charge in [0.1, 0.15) is 0 Å². The lowest BCUT2D eigenvalue weighted by molar-refractivity contribution is -0.130. The van der Waals surface area contributed by atoms with Gasteiger partial charge in [-0.3, -0.25) is 0 Å². The lowest BCUT2D eigenvalue weighted by Crippen LogP contribution is -2.62. The first-order valence-corrected chi connectivity index (χ1v) is 7.89. The molecule has 2 saturated carbocycles. The molecule has 0 aromatic carbocycles. The Bertz CT molecular complexity index is 440. The van der Waals surface area contributed by atoms with Crippen molar-refractivity contribution in [3.8, 4) is 0 Å². The summed E-state index contributed by atoms with van der Waals surface area (Å²) in [5, 5.41) is 7.64. The molecule has 0 radical (unpaired) electrons. The summed E-state index contributed by atoms with van der Waals surface area (Å²) < 4.78 is 10.9. The van der Waals surface area contributed by atoms with Crippen LogP contribution in [0, 0.1) is 12.3 Å². The summed E-state index contributed by atoms with van der Waals surface area (Å²) in [7, 11) is 0. The third kappa shape index (κ3) is 2.49. The minimum absolute atomic E-state index is 0.406. The minimum atomic E-state index is 0.406. The monoisotopic (exact) mass is 279 g/mol. The smallest absolute Gasteiger partial charge is 0.223 e. The fourth-order valence-corrected chi connectivity index (χ4v) is 3.97. The van der Waals surface area contributed by atoms with Crippen molar-refractivity contribution in [3.63, 3.8) is 0 Å². The van der Waals surface area contributed by atoms with Crippen molar-refractivity contribution in [1.82, 2.24) is 15.5 Å². The number of nitrogens with one attached hydrogen (secondary N) is 1. The molecule has 5 heteroatoms. The molecule has 0 saturated heterocycles. The first kappa shape index (κ1) is 14.0. The van der Waals surface area contributed by atoms with Gasteiger partial charge >= 0.3 is 0 Å². The van der Waals surface area contributed by atoms with Crippen LogP contribution in [-0.4, -0.2) is 35.4 Å². The van der Waals surface area contributed by atoms with Crippen molar-refractivity contribution in [2.45, 2.75) is 64.5 Å². The highest BCUT2D eigenvalue weighted by molar-refractivity contribution is 5.10. The lowest BCUT2D eigenvalue weighted by atomic mass is 9.60. The molecular formula is C15H25N3O2. The summed E-state index contributed by atoms with van der Waals surface area (Å²) in [4.78, 5) is 4.24. The first-order chi connectivity index (χ1) is 9.74. The molecule has 2 atom stereocenters. The van der Waals surface area contributed by atoms with Crippen LogP contribution in [0.15, 0.2) is 4.52 Å². The third-order valence-corrected chi connectivity index (χ3v) is 5.00. The van der Waals surface area contributed by atoms with Gasteiger partial charge in [-0.2, -0.15) is 4.98 Å². The Labute approximate surface area is 120 Å². The van der Waals surface area contributed by atoms with Crippen molar-refractivity contribution in [3.05, 3.63) is 11.7 Å². The average molecular weight is 279 g/mol. The highest BCUT2D eigenvalue weighted by Crippen LogP contribution is 2.54. The second kappa shape index (κ2) is 5.82. The average Bonchev–Trinajstić information content (AvgIpc) is 3.07. The number of ether oxygens (including phenoxy) is 1. The molecule has 2 fully saturated rings. The maximum absolute atomic E-state index is 5.93. The summed E-state index contributed by atoms with van der Waals surface area (Å²) in [6.07, 6.45) is 7.80. The molecule has 2 unspecified atom stereocenters. The maximum atomic E-state index is 5.93. The van der Waals surface area contributed by atoms with Gasteiger partial charge in [0.05, 0.1) is 6.10 Å². The second-order valence-electron chi connectivity index (χ2n) is 6.11. The van der Waals surface area contributed by atoms with Crippen LogP contribution in [0.3, 0.4) is 0 Å². The normalized spacial score (nSPS) is 27.9. The van der Waals surface area contributed by atoms with Crippen LogP contribution in [0.1, 0.15) is 50.7 Å². The van der Waals surface area contributed by atoms with E-state index in [2.05, 4.69) is 22.4 Å². The zero-order valence-corrected chi connectivity index (χ0v) is 12.5. The van der Waals surface area contributed by atoms with E-state index in [0.29, 0.717) is 23.5 Å². The lowest BCUT2D eigenvalue weighted by Gasteiger charge is -2.54. The third-order valence-electron chi connectivity index (χ3n) is 5.00. The van der Waals surface area contributed by atoms with Gasteiger partial charge in [0.25, 0.3) is 0 Å². The highest BCUT2D eigenvalue weighted by atomic mass is 16.5. The zero-order chi connectivity index (χ0) is 14.0. The molecule has 0 aliphatic heterocycles. The molecule has 1 N–H and O–H groups in total. The number of hydrogen-bond acceptors (Lipinski definition) is 5. The van der Waals surface area contributed by atoms with Crippen LogP contribution in [0.25, 0.3) is 0 Å². The molecule has 1 spiro atoms. The fraction of sp³-hybridized carbons (Fsp3) is 0.867. The van der Waals surface area contributed by atoms with E-state index in [9.17, 15) is 0 Å². The van der Waals surface area contributed by atoms with E-state index in [1.54, 1.807) is 0 Å². The van der Waals surface area contributed by atoms with Crippen LogP contribution >= 0.6 is 0 Å². The molecule has 0 bridgehead atoms. The molecule has 3 rings (SSSR count). The predicted molar refractivity (Wildman–Crippen MR) is 75.5 cm³/mol. The van der Waals surface area contributed by atoms with E-state index in [0.717, 1.165) is 31.8 Å². The first-order valence-electron chi connectivity index (χ1n) is 7.89. The Hall–Kier alpha value is -0.940. The Morgan fingerprint density at radius 2 is 2.20 bits per heavy atom. The Kier molecular flexibility index (Phi) is 4.08. The maximum Gasteiger partial charge on any atom is 0.223 e. The SMILES string of the molecule is CCOC1CC(NCCc2noc(C)n2)C12CCCC2. The van der Waals surface area contributed by atoms with Crippen molar-refractivity contribution < 1.29 is 9.26 Å². The number of nitrogens with zero attached hydrogens (tertiary/aromatic N) is 2. The number of aryl methyl sites for hydroxylation is 1. The van der Waals surface area contributed by atoms with E-state index < -0.39 is 0 Å². The molecule has 2 aliphatic carbocycles. The van der Waals surface area contributed by atoms with Crippen LogP contribution in [0.2, 0.25) is 0 Å². The quantitative estimate of drug-likeness (QED) is 0.865. The second-order valence-corrected chi connectivity index (χ2v) is 6.11.